The third-order valence-corrected chi connectivity index (χ3v) is 6.09. The third kappa shape index (κ3) is 5.29. The zero-order chi connectivity index (χ0) is 24.9. The number of ether oxygens (including phenoxy) is 2. The molecule has 3 aromatic carbocycles. The molecule has 9 heteroatoms. The van der Waals surface area contributed by atoms with E-state index in [0.29, 0.717) is 0 Å². The lowest BCUT2D eigenvalue weighted by Crippen LogP contribution is -2.47. The van der Waals surface area contributed by atoms with E-state index in [4.69, 9.17) is 26.2 Å². The number of rotatable bonds is 8. The average molecular weight is 495 g/mol. The second kappa shape index (κ2) is 10.6. The van der Waals surface area contributed by atoms with E-state index in [1.54, 1.807) is 0 Å². The highest BCUT2D eigenvalue weighted by molar-refractivity contribution is 6.34. The number of amides is 2. The highest BCUT2D eigenvalue weighted by Gasteiger charge is 2.30. The van der Waals surface area contributed by atoms with Gasteiger partial charge in [0.2, 0.25) is 5.91 Å². The summed E-state index contributed by atoms with van der Waals surface area (Å²) in [6.07, 6.45) is -0.783. The molecule has 0 saturated heterocycles. The SMILES string of the molecule is COCC(NC(=O)OCC1c2ccccc2-c2ccccc21)C(=O)Nc1cc(C(=O)O)ccc1Cl. The molecule has 2 amide bonds. The molecule has 0 aromatic heterocycles. The summed E-state index contributed by atoms with van der Waals surface area (Å²) in [7, 11) is 1.39. The van der Waals surface area contributed by atoms with Crippen molar-refractivity contribution < 1.29 is 29.0 Å². The fraction of sp³-hybridized carbons (Fsp3) is 0.192. The smallest absolute Gasteiger partial charge is 0.407 e. The molecule has 0 saturated carbocycles. The van der Waals surface area contributed by atoms with E-state index in [2.05, 4.69) is 10.6 Å². The first kappa shape index (κ1) is 24.3. The third-order valence-electron chi connectivity index (χ3n) is 5.76. The topological polar surface area (TPSA) is 114 Å². The number of nitrogens with one attached hydrogen (secondary N) is 2. The number of carboxylic acids is 1. The highest BCUT2D eigenvalue weighted by Crippen LogP contribution is 2.44. The van der Waals surface area contributed by atoms with Crippen molar-refractivity contribution in [3.05, 3.63) is 88.4 Å². The van der Waals surface area contributed by atoms with Gasteiger partial charge < -0.3 is 25.2 Å². The molecule has 1 atom stereocenters. The number of hydrogen-bond donors (Lipinski definition) is 3. The normalized spacial score (nSPS) is 12.9. The predicted octanol–water partition coefficient (Wildman–Crippen LogP) is 4.53. The van der Waals surface area contributed by atoms with Crippen molar-refractivity contribution in [1.82, 2.24) is 5.32 Å². The van der Waals surface area contributed by atoms with E-state index in [1.165, 1.54) is 25.3 Å². The summed E-state index contributed by atoms with van der Waals surface area (Å²) < 4.78 is 10.6. The van der Waals surface area contributed by atoms with Crippen LogP contribution in [0.1, 0.15) is 27.4 Å². The van der Waals surface area contributed by atoms with Crippen molar-refractivity contribution in [2.45, 2.75) is 12.0 Å². The first-order valence-electron chi connectivity index (χ1n) is 10.8. The van der Waals surface area contributed by atoms with E-state index in [-0.39, 0.29) is 35.4 Å². The molecule has 180 valence electrons. The fourth-order valence-electron chi connectivity index (χ4n) is 4.11. The number of carboxylic acid groups (broad SMARTS) is 1. The molecule has 0 radical (unpaired) electrons. The van der Waals surface area contributed by atoms with E-state index in [0.717, 1.165) is 22.3 Å². The van der Waals surface area contributed by atoms with Crippen LogP contribution in [-0.4, -0.2) is 49.4 Å². The van der Waals surface area contributed by atoms with Crippen LogP contribution in [0.3, 0.4) is 0 Å². The van der Waals surface area contributed by atoms with E-state index < -0.39 is 24.0 Å². The summed E-state index contributed by atoms with van der Waals surface area (Å²) in [5.41, 5.74) is 4.41. The minimum atomic E-state index is -1.16. The van der Waals surface area contributed by atoms with Crippen LogP contribution in [-0.2, 0) is 14.3 Å². The van der Waals surface area contributed by atoms with Gasteiger partial charge in [-0.1, -0.05) is 60.1 Å². The molecule has 3 aromatic rings. The first-order valence-corrected chi connectivity index (χ1v) is 11.2. The van der Waals surface area contributed by atoms with Gasteiger partial charge >= 0.3 is 12.1 Å². The van der Waals surface area contributed by atoms with Crippen molar-refractivity contribution in [2.75, 3.05) is 25.6 Å². The quantitative estimate of drug-likeness (QED) is 0.424. The van der Waals surface area contributed by atoms with Crippen LogP contribution in [0.4, 0.5) is 10.5 Å². The van der Waals surface area contributed by atoms with Crippen LogP contribution in [0.25, 0.3) is 11.1 Å². The fourth-order valence-corrected chi connectivity index (χ4v) is 4.27. The highest BCUT2D eigenvalue weighted by atomic mass is 35.5. The largest absolute Gasteiger partial charge is 0.478 e. The van der Waals surface area contributed by atoms with Gasteiger partial charge in [-0.05, 0) is 40.5 Å². The monoisotopic (exact) mass is 494 g/mol. The van der Waals surface area contributed by atoms with Gasteiger partial charge in [0.1, 0.15) is 12.6 Å². The molecular formula is C26H23ClN2O6. The second-order valence-electron chi connectivity index (χ2n) is 7.97. The molecule has 0 fully saturated rings. The standard InChI is InChI=1S/C26H23ClN2O6/c1-34-14-23(24(30)28-22-12-15(25(31)32)10-11-21(22)27)29-26(33)35-13-20-18-8-4-2-6-16(18)17-7-3-5-9-19(17)20/h2-12,20,23H,13-14H2,1H3,(H,28,30)(H,29,33)(H,31,32). The molecule has 1 aliphatic carbocycles. The molecule has 1 unspecified atom stereocenters. The minimum Gasteiger partial charge on any atom is -0.478 e. The van der Waals surface area contributed by atoms with Gasteiger partial charge in [-0.25, -0.2) is 9.59 Å². The lowest BCUT2D eigenvalue weighted by molar-refractivity contribution is -0.119. The number of fused-ring (bicyclic) bond motifs is 3. The number of benzene rings is 3. The van der Waals surface area contributed by atoms with Gasteiger partial charge in [0, 0.05) is 13.0 Å². The van der Waals surface area contributed by atoms with E-state index in [9.17, 15) is 14.4 Å². The Kier molecular flexibility index (Phi) is 7.33. The van der Waals surface area contributed by atoms with Gasteiger partial charge in [0.25, 0.3) is 0 Å². The number of halogens is 1. The van der Waals surface area contributed by atoms with Crippen LogP contribution in [0, 0.1) is 0 Å². The van der Waals surface area contributed by atoms with Gasteiger partial charge in [-0.2, -0.15) is 0 Å². The molecular weight excluding hydrogens is 472 g/mol. The van der Waals surface area contributed by atoms with Crippen LogP contribution in [0.2, 0.25) is 5.02 Å². The zero-order valence-corrected chi connectivity index (χ0v) is 19.5. The van der Waals surface area contributed by atoms with Crippen molar-refractivity contribution in [1.29, 1.82) is 0 Å². The Morgan fingerprint density at radius 2 is 1.63 bits per heavy atom. The zero-order valence-electron chi connectivity index (χ0n) is 18.8. The second-order valence-corrected chi connectivity index (χ2v) is 8.37. The Labute approximate surface area is 206 Å². The summed E-state index contributed by atoms with van der Waals surface area (Å²) in [5.74, 6) is -1.92. The maximum atomic E-state index is 12.8. The number of carbonyl (C=O) groups is 3. The summed E-state index contributed by atoms with van der Waals surface area (Å²) >= 11 is 6.09. The maximum Gasteiger partial charge on any atom is 0.407 e. The summed E-state index contributed by atoms with van der Waals surface area (Å²) in [6, 6.07) is 18.8. The van der Waals surface area contributed by atoms with Gasteiger partial charge in [-0.3, -0.25) is 4.79 Å². The van der Waals surface area contributed by atoms with Gasteiger partial charge in [-0.15, -0.1) is 0 Å². The average Bonchev–Trinajstić information content (AvgIpc) is 3.17. The number of alkyl carbamates (subject to hydrolysis) is 1. The van der Waals surface area contributed by atoms with Crippen molar-refractivity contribution >= 4 is 35.3 Å². The Morgan fingerprint density at radius 3 is 2.23 bits per heavy atom. The molecule has 4 rings (SSSR count). The first-order chi connectivity index (χ1) is 16.9. The summed E-state index contributed by atoms with van der Waals surface area (Å²) in [4.78, 5) is 36.6. The number of hydrogen-bond acceptors (Lipinski definition) is 5. The van der Waals surface area contributed by atoms with Crippen LogP contribution in [0.5, 0.6) is 0 Å². The number of carbonyl (C=O) groups excluding carboxylic acids is 2. The minimum absolute atomic E-state index is 0.0440. The Hall–Kier alpha value is -3.88. The van der Waals surface area contributed by atoms with Crippen molar-refractivity contribution in [3.63, 3.8) is 0 Å². The molecule has 8 nitrogen and oxygen atoms in total. The van der Waals surface area contributed by atoms with Gasteiger partial charge in [0.15, 0.2) is 0 Å². The molecule has 35 heavy (non-hydrogen) atoms. The number of anilines is 1. The summed E-state index contributed by atoms with van der Waals surface area (Å²) in [6.45, 7) is -0.0417. The molecule has 0 heterocycles. The van der Waals surface area contributed by atoms with E-state index in [1.807, 2.05) is 48.5 Å². The van der Waals surface area contributed by atoms with Crippen molar-refractivity contribution in [3.8, 4) is 11.1 Å². The molecule has 0 spiro atoms. The predicted molar refractivity (Wildman–Crippen MR) is 131 cm³/mol. The Morgan fingerprint density at radius 1 is 1.00 bits per heavy atom. The Bertz CT molecular complexity index is 1230. The van der Waals surface area contributed by atoms with Crippen molar-refractivity contribution in [2.24, 2.45) is 0 Å². The molecule has 1 aliphatic rings. The lowest BCUT2D eigenvalue weighted by atomic mass is 9.98. The van der Waals surface area contributed by atoms with E-state index >= 15 is 0 Å². The van der Waals surface area contributed by atoms with Crippen LogP contribution < -0.4 is 10.6 Å². The molecule has 3 N–H and O–H groups in total. The molecule has 0 bridgehead atoms. The lowest BCUT2D eigenvalue weighted by Gasteiger charge is -2.19. The number of methoxy groups -OCH3 is 1. The maximum absolute atomic E-state index is 12.8. The summed E-state index contributed by atoms with van der Waals surface area (Å²) in [5, 5.41) is 14.4. The van der Waals surface area contributed by atoms with Crippen LogP contribution in [0.15, 0.2) is 66.7 Å². The number of aromatic carboxylic acids is 1. The van der Waals surface area contributed by atoms with Gasteiger partial charge in [0.05, 0.1) is 22.9 Å². The van der Waals surface area contributed by atoms with Crippen LogP contribution >= 0.6 is 11.6 Å². The molecule has 0 aliphatic heterocycles. The Balaban J connectivity index is 1.42.